The van der Waals surface area contributed by atoms with Crippen molar-refractivity contribution < 1.29 is 31.5 Å². The number of rotatable bonds is 6. The number of nitrogens with one attached hydrogen (secondary N) is 1. The van der Waals surface area contributed by atoms with E-state index in [0.29, 0.717) is 5.56 Å². The third-order valence-electron chi connectivity index (χ3n) is 3.58. The van der Waals surface area contributed by atoms with Gasteiger partial charge >= 0.3 is 12.8 Å². The second-order valence-corrected chi connectivity index (χ2v) is 6.02. The van der Waals surface area contributed by atoms with Crippen LogP contribution in [0.25, 0.3) is 0 Å². The van der Waals surface area contributed by atoms with Crippen LogP contribution in [-0.4, -0.2) is 22.3 Å². The molecule has 0 spiro atoms. The van der Waals surface area contributed by atoms with Gasteiger partial charge in [-0.05, 0) is 31.5 Å². The lowest BCUT2D eigenvalue weighted by atomic mass is 10.2. The van der Waals surface area contributed by atoms with Crippen LogP contribution in [0.2, 0.25) is 5.02 Å². The number of carbonyl (C=O) groups excluding carboxylic acids is 1. The molecule has 2 aromatic rings. The maximum Gasteiger partial charge on any atom is 0.436 e. The molecular formula is C16H15ClF5N3O2. The number of carbonyl (C=O) groups is 1. The predicted molar refractivity (Wildman–Crippen MR) is 88.0 cm³/mol. The first kappa shape index (κ1) is 20.9. The van der Waals surface area contributed by atoms with Gasteiger partial charge in [0.25, 0.3) is 0 Å². The zero-order valence-electron chi connectivity index (χ0n) is 14.2. The number of ether oxygens (including phenoxy) is 1. The summed E-state index contributed by atoms with van der Waals surface area (Å²) in [5, 5.41) is 5.24. The standard InChI is InChI=1S/C16H15ClF5N3O2/c1-8-3-4-10(11(7-8)27-15(18)19)23-12(26)5-6-25-9(2)13(17)14(24-25)16(20,21)22/h3-4,7,15H,5-6H2,1-2H3,(H,23,26). The predicted octanol–water partition coefficient (Wildman–Crippen LogP) is 4.80. The van der Waals surface area contributed by atoms with Crippen molar-refractivity contribution >= 4 is 23.2 Å². The zero-order valence-corrected chi connectivity index (χ0v) is 15.0. The molecule has 148 valence electrons. The molecule has 1 amide bonds. The first-order valence-corrected chi connectivity index (χ1v) is 8.02. The van der Waals surface area contributed by atoms with Gasteiger partial charge in [0.05, 0.1) is 22.9 Å². The van der Waals surface area contributed by atoms with Crippen LogP contribution in [0.3, 0.4) is 0 Å². The van der Waals surface area contributed by atoms with Gasteiger partial charge in [-0.25, -0.2) is 0 Å². The molecule has 0 aliphatic heterocycles. The summed E-state index contributed by atoms with van der Waals surface area (Å²) in [5.41, 5.74) is -0.496. The average molecular weight is 412 g/mol. The van der Waals surface area contributed by atoms with Gasteiger partial charge in [0, 0.05) is 6.42 Å². The number of hydrogen-bond acceptors (Lipinski definition) is 3. The largest absolute Gasteiger partial charge is 0.436 e. The summed E-state index contributed by atoms with van der Waals surface area (Å²) < 4.78 is 68.6. The SMILES string of the molecule is Cc1ccc(NC(=O)CCn2nc(C(F)(F)F)c(Cl)c2C)c(OC(F)F)c1. The van der Waals surface area contributed by atoms with Crippen LogP contribution in [0.4, 0.5) is 27.6 Å². The molecular weight excluding hydrogens is 397 g/mol. The zero-order chi connectivity index (χ0) is 20.4. The minimum absolute atomic E-state index is 0.0251. The highest BCUT2D eigenvalue weighted by Gasteiger charge is 2.38. The maximum atomic E-state index is 12.8. The molecule has 0 aliphatic rings. The molecule has 1 aromatic heterocycles. The number of nitrogens with zero attached hydrogens (tertiary/aromatic N) is 2. The number of benzene rings is 1. The lowest BCUT2D eigenvalue weighted by Gasteiger charge is -2.13. The van der Waals surface area contributed by atoms with E-state index in [2.05, 4.69) is 15.2 Å². The Morgan fingerprint density at radius 1 is 1.33 bits per heavy atom. The van der Waals surface area contributed by atoms with Crippen molar-refractivity contribution in [1.29, 1.82) is 0 Å². The normalized spacial score (nSPS) is 11.7. The second-order valence-electron chi connectivity index (χ2n) is 5.65. The van der Waals surface area contributed by atoms with E-state index in [-0.39, 0.29) is 30.1 Å². The van der Waals surface area contributed by atoms with Crippen molar-refractivity contribution in [2.24, 2.45) is 0 Å². The highest BCUT2D eigenvalue weighted by molar-refractivity contribution is 6.31. The number of amides is 1. The Morgan fingerprint density at radius 3 is 2.56 bits per heavy atom. The van der Waals surface area contributed by atoms with Crippen molar-refractivity contribution in [3.8, 4) is 5.75 Å². The van der Waals surface area contributed by atoms with E-state index in [1.165, 1.54) is 19.1 Å². The van der Waals surface area contributed by atoms with Crippen molar-refractivity contribution in [1.82, 2.24) is 9.78 Å². The number of alkyl halides is 5. The fourth-order valence-corrected chi connectivity index (χ4v) is 2.51. The Hall–Kier alpha value is -2.36. The Balaban J connectivity index is 2.08. The van der Waals surface area contributed by atoms with E-state index in [9.17, 15) is 26.7 Å². The highest BCUT2D eigenvalue weighted by Crippen LogP contribution is 2.35. The summed E-state index contributed by atoms with van der Waals surface area (Å²) in [6, 6.07) is 4.30. The van der Waals surface area contributed by atoms with Gasteiger partial charge in [0.1, 0.15) is 5.75 Å². The lowest BCUT2D eigenvalue weighted by molar-refractivity contribution is -0.141. The first-order chi connectivity index (χ1) is 12.5. The molecule has 0 saturated carbocycles. The van der Waals surface area contributed by atoms with Crippen LogP contribution in [0.5, 0.6) is 5.75 Å². The minimum Gasteiger partial charge on any atom is -0.433 e. The van der Waals surface area contributed by atoms with Gasteiger partial charge in [-0.15, -0.1) is 0 Å². The molecule has 0 atom stereocenters. The number of aromatic nitrogens is 2. The number of anilines is 1. The van der Waals surface area contributed by atoms with Gasteiger partial charge in [-0.3, -0.25) is 9.48 Å². The van der Waals surface area contributed by atoms with E-state index in [4.69, 9.17) is 11.6 Å². The van der Waals surface area contributed by atoms with E-state index in [1.807, 2.05) is 0 Å². The van der Waals surface area contributed by atoms with Crippen LogP contribution >= 0.6 is 11.6 Å². The summed E-state index contributed by atoms with van der Waals surface area (Å²) in [5.74, 6) is -0.825. The Kier molecular flexibility index (Phi) is 6.30. The minimum atomic E-state index is -4.71. The van der Waals surface area contributed by atoms with E-state index in [0.717, 1.165) is 4.68 Å². The molecule has 0 aliphatic carbocycles. The van der Waals surface area contributed by atoms with Crippen LogP contribution in [0, 0.1) is 13.8 Å². The summed E-state index contributed by atoms with van der Waals surface area (Å²) in [4.78, 5) is 12.1. The molecule has 2 rings (SSSR count). The van der Waals surface area contributed by atoms with Gasteiger partial charge < -0.3 is 10.1 Å². The van der Waals surface area contributed by atoms with Crippen molar-refractivity contribution in [2.45, 2.75) is 39.6 Å². The Morgan fingerprint density at radius 2 is 2.00 bits per heavy atom. The first-order valence-electron chi connectivity index (χ1n) is 7.64. The van der Waals surface area contributed by atoms with E-state index >= 15 is 0 Å². The summed E-state index contributed by atoms with van der Waals surface area (Å²) in [7, 11) is 0. The fourth-order valence-electron chi connectivity index (χ4n) is 2.27. The van der Waals surface area contributed by atoms with E-state index in [1.54, 1.807) is 13.0 Å². The maximum absolute atomic E-state index is 12.8. The van der Waals surface area contributed by atoms with Gasteiger partial charge in [-0.1, -0.05) is 17.7 Å². The van der Waals surface area contributed by atoms with Crippen LogP contribution in [-0.2, 0) is 17.5 Å². The van der Waals surface area contributed by atoms with Crippen molar-refractivity contribution in [3.63, 3.8) is 0 Å². The molecule has 27 heavy (non-hydrogen) atoms. The van der Waals surface area contributed by atoms with Crippen LogP contribution in [0.1, 0.15) is 23.4 Å². The van der Waals surface area contributed by atoms with Crippen LogP contribution in [0.15, 0.2) is 18.2 Å². The third-order valence-corrected chi connectivity index (χ3v) is 4.03. The Labute approximate surface area is 156 Å². The fraction of sp³-hybridized carbons (Fsp3) is 0.375. The second kappa shape index (κ2) is 8.12. The third kappa shape index (κ3) is 5.31. The molecule has 0 unspecified atom stereocenters. The molecule has 11 heteroatoms. The molecule has 1 aromatic carbocycles. The van der Waals surface area contributed by atoms with Crippen LogP contribution < -0.4 is 10.1 Å². The molecule has 0 fully saturated rings. The highest BCUT2D eigenvalue weighted by atomic mass is 35.5. The molecule has 0 radical (unpaired) electrons. The Bertz CT molecular complexity index is 836. The average Bonchev–Trinajstić information content (AvgIpc) is 2.83. The van der Waals surface area contributed by atoms with Crippen molar-refractivity contribution in [3.05, 3.63) is 40.2 Å². The molecule has 1 N–H and O–H groups in total. The summed E-state index contributed by atoms with van der Waals surface area (Å²) in [6.45, 7) is -0.245. The topological polar surface area (TPSA) is 56.2 Å². The lowest BCUT2D eigenvalue weighted by Crippen LogP contribution is -2.17. The van der Waals surface area contributed by atoms with E-state index < -0.39 is 29.4 Å². The van der Waals surface area contributed by atoms with Gasteiger partial charge in [0.15, 0.2) is 5.69 Å². The number of halogens is 6. The van der Waals surface area contributed by atoms with Crippen molar-refractivity contribution in [2.75, 3.05) is 5.32 Å². The van der Waals surface area contributed by atoms with Gasteiger partial charge in [0.2, 0.25) is 5.91 Å². The molecule has 1 heterocycles. The number of aryl methyl sites for hydroxylation is 2. The number of hydrogen-bond donors (Lipinski definition) is 1. The molecule has 0 saturated heterocycles. The summed E-state index contributed by atoms with van der Waals surface area (Å²) in [6.07, 6.45) is -4.96. The molecule has 0 bridgehead atoms. The summed E-state index contributed by atoms with van der Waals surface area (Å²) >= 11 is 5.64. The monoisotopic (exact) mass is 411 g/mol. The molecule has 5 nitrogen and oxygen atoms in total. The quantitative estimate of drug-likeness (QED) is 0.694. The smallest absolute Gasteiger partial charge is 0.433 e. The van der Waals surface area contributed by atoms with Gasteiger partial charge in [-0.2, -0.15) is 27.1 Å².